The van der Waals surface area contributed by atoms with Crippen molar-refractivity contribution in [3.63, 3.8) is 0 Å². The summed E-state index contributed by atoms with van der Waals surface area (Å²) in [4.78, 5) is 39.3. The van der Waals surface area contributed by atoms with Gasteiger partial charge >= 0.3 is 5.97 Å². The molecule has 8 nitrogen and oxygen atoms in total. The molecule has 5 rings (SSSR count). The molecule has 204 valence electrons. The molecule has 1 N–H and O–H groups in total. The Bertz CT molecular complexity index is 1690. The fourth-order valence-electron chi connectivity index (χ4n) is 5.25. The van der Waals surface area contributed by atoms with Crippen molar-refractivity contribution in [1.29, 1.82) is 0 Å². The zero-order valence-corrected chi connectivity index (χ0v) is 23.1. The van der Waals surface area contributed by atoms with E-state index in [0.29, 0.717) is 64.1 Å². The SMILES string of the molecule is C=CC(=O)N1CCC(c2onc(-c3ccc(Cl)cc3Cl)c2C(=O)n2cc(C)c3c(/C=C/C(=O)O)cccc32)CC1. The summed E-state index contributed by atoms with van der Waals surface area (Å²) in [6.45, 7) is 6.41. The fourth-order valence-corrected chi connectivity index (χ4v) is 5.75. The second-order valence-electron chi connectivity index (χ2n) is 9.60. The maximum Gasteiger partial charge on any atom is 0.328 e. The maximum atomic E-state index is 14.4. The van der Waals surface area contributed by atoms with Crippen LogP contribution >= 0.6 is 23.2 Å². The number of hydrogen-bond donors (Lipinski definition) is 1. The monoisotopic (exact) mass is 577 g/mol. The first-order valence-corrected chi connectivity index (χ1v) is 13.4. The van der Waals surface area contributed by atoms with E-state index in [9.17, 15) is 14.4 Å². The Balaban J connectivity index is 1.64. The molecule has 1 saturated heterocycles. The van der Waals surface area contributed by atoms with Gasteiger partial charge in [0.15, 0.2) is 5.76 Å². The molecule has 0 spiro atoms. The second kappa shape index (κ2) is 11.2. The van der Waals surface area contributed by atoms with Crippen LogP contribution in [-0.4, -0.2) is 50.6 Å². The van der Waals surface area contributed by atoms with E-state index < -0.39 is 5.97 Å². The van der Waals surface area contributed by atoms with Crippen LogP contribution < -0.4 is 0 Å². The van der Waals surface area contributed by atoms with Gasteiger partial charge in [0, 0.05) is 47.3 Å². The number of benzene rings is 2. The Morgan fingerprint density at radius 1 is 1.15 bits per heavy atom. The van der Waals surface area contributed by atoms with Crippen LogP contribution in [0.3, 0.4) is 0 Å². The van der Waals surface area contributed by atoms with Crippen LogP contribution in [0, 0.1) is 6.92 Å². The number of aryl methyl sites for hydroxylation is 1. The number of carbonyl (C=O) groups is 3. The van der Waals surface area contributed by atoms with Crippen molar-refractivity contribution in [2.24, 2.45) is 0 Å². The molecule has 1 aliphatic rings. The van der Waals surface area contributed by atoms with Crippen LogP contribution in [-0.2, 0) is 9.59 Å². The van der Waals surface area contributed by atoms with Crippen molar-refractivity contribution in [1.82, 2.24) is 14.6 Å². The van der Waals surface area contributed by atoms with Gasteiger partial charge in [0.1, 0.15) is 11.3 Å². The average molecular weight is 578 g/mol. The largest absolute Gasteiger partial charge is 0.478 e. The highest BCUT2D eigenvalue weighted by Gasteiger charge is 2.34. The van der Waals surface area contributed by atoms with E-state index in [0.717, 1.165) is 17.0 Å². The number of carboxylic acid groups (broad SMARTS) is 1. The summed E-state index contributed by atoms with van der Waals surface area (Å²) in [6, 6.07) is 10.3. The van der Waals surface area contributed by atoms with Crippen LogP contribution in [0.4, 0.5) is 0 Å². The quantitative estimate of drug-likeness (QED) is 0.259. The first-order valence-electron chi connectivity index (χ1n) is 12.6. The molecule has 0 atom stereocenters. The first-order chi connectivity index (χ1) is 19.2. The molecule has 1 amide bonds. The predicted molar refractivity (Wildman–Crippen MR) is 154 cm³/mol. The molecule has 0 unspecified atom stereocenters. The number of aromatic nitrogens is 2. The number of likely N-dealkylation sites (tertiary alicyclic amines) is 1. The Labute approximate surface area is 240 Å². The summed E-state index contributed by atoms with van der Waals surface area (Å²) in [5, 5.41) is 15.0. The number of rotatable bonds is 6. The molecule has 1 aliphatic heterocycles. The van der Waals surface area contributed by atoms with Crippen molar-refractivity contribution in [2.45, 2.75) is 25.7 Å². The number of carboxylic acids is 1. The summed E-state index contributed by atoms with van der Waals surface area (Å²) >= 11 is 12.7. The lowest BCUT2D eigenvalue weighted by Gasteiger charge is -2.30. The van der Waals surface area contributed by atoms with Crippen LogP contribution in [0.25, 0.3) is 28.2 Å². The molecule has 2 aromatic carbocycles. The van der Waals surface area contributed by atoms with E-state index in [1.807, 2.05) is 6.92 Å². The lowest BCUT2D eigenvalue weighted by atomic mass is 9.90. The van der Waals surface area contributed by atoms with Gasteiger partial charge in [-0.25, -0.2) is 4.79 Å². The third-order valence-corrected chi connectivity index (χ3v) is 7.69. The van der Waals surface area contributed by atoms with Gasteiger partial charge < -0.3 is 14.5 Å². The lowest BCUT2D eigenvalue weighted by Crippen LogP contribution is -2.37. The van der Waals surface area contributed by atoms with E-state index in [2.05, 4.69) is 11.7 Å². The van der Waals surface area contributed by atoms with E-state index in [4.69, 9.17) is 32.8 Å². The van der Waals surface area contributed by atoms with Crippen molar-refractivity contribution in [3.8, 4) is 11.3 Å². The van der Waals surface area contributed by atoms with Gasteiger partial charge in [0.05, 0.1) is 10.5 Å². The zero-order chi connectivity index (χ0) is 28.6. The third kappa shape index (κ3) is 5.08. The van der Waals surface area contributed by atoms with Gasteiger partial charge in [-0.15, -0.1) is 0 Å². The number of hydrogen-bond acceptors (Lipinski definition) is 5. The topological polar surface area (TPSA) is 106 Å². The third-order valence-electron chi connectivity index (χ3n) is 7.15. The van der Waals surface area contributed by atoms with Crippen LogP contribution in [0.5, 0.6) is 0 Å². The summed E-state index contributed by atoms with van der Waals surface area (Å²) in [5.74, 6) is -1.29. The summed E-state index contributed by atoms with van der Waals surface area (Å²) in [7, 11) is 0. The number of nitrogens with zero attached hydrogens (tertiary/aromatic N) is 3. The molecule has 3 heterocycles. The molecule has 10 heteroatoms. The number of amides is 1. The summed E-state index contributed by atoms with van der Waals surface area (Å²) < 4.78 is 7.40. The molecule has 0 aliphatic carbocycles. The van der Waals surface area contributed by atoms with Gasteiger partial charge in [-0.1, -0.05) is 47.1 Å². The van der Waals surface area contributed by atoms with Crippen LogP contribution in [0.1, 0.15) is 46.0 Å². The Morgan fingerprint density at radius 3 is 2.58 bits per heavy atom. The van der Waals surface area contributed by atoms with Gasteiger partial charge in [-0.2, -0.15) is 0 Å². The molecular formula is C30H25Cl2N3O5. The summed E-state index contributed by atoms with van der Waals surface area (Å²) in [6.07, 6.45) is 6.76. The van der Waals surface area contributed by atoms with Crippen LogP contribution in [0.2, 0.25) is 10.0 Å². The minimum Gasteiger partial charge on any atom is -0.478 e. The smallest absolute Gasteiger partial charge is 0.328 e. The molecule has 0 saturated carbocycles. The molecule has 40 heavy (non-hydrogen) atoms. The lowest BCUT2D eigenvalue weighted by molar-refractivity contribution is -0.131. The average Bonchev–Trinajstić information content (AvgIpc) is 3.53. The molecular weight excluding hydrogens is 553 g/mol. The molecule has 2 aromatic heterocycles. The standard InChI is InChI=1S/C30H25Cl2N3O5/c1-3-24(36)34-13-11-19(12-14-34)29-27(28(33-40-29)21-9-8-20(31)15-22(21)32)30(39)35-16-17(2)26-18(7-10-25(37)38)5-4-6-23(26)35/h3-10,15-16,19H,1,11-14H2,2H3,(H,37,38)/b10-7+. The van der Waals surface area contributed by atoms with Gasteiger partial charge in [-0.3, -0.25) is 14.2 Å². The van der Waals surface area contributed by atoms with E-state index in [1.54, 1.807) is 47.5 Å². The summed E-state index contributed by atoms with van der Waals surface area (Å²) in [5.41, 5.74) is 3.17. The molecule has 0 bridgehead atoms. The molecule has 0 radical (unpaired) electrons. The zero-order valence-electron chi connectivity index (χ0n) is 21.6. The fraction of sp³-hybridized carbons (Fsp3) is 0.200. The van der Waals surface area contributed by atoms with Gasteiger partial charge in [-0.05, 0) is 67.3 Å². The molecule has 4 aromatic rings. The van der Waals surface area contributed by atoms with E-state index in [-0.39, 0.29) is 23.3 Å². The highest BCUT2D eigenvalue weighted by molar-refractivity contribution is 6.36. The second-order valence-corrected chi connectivity index (χ2v) is 10.4. The number of carbonyl (C=O) groups excluding carboxylic acids is 2. The number of fused-ring (bicyclic) bond motifs is 1. The molecule has 1 fully saturated rings. The number of piperidine rings is 1. The Hall–Kier alpha value is -4.14. The normalized spacial score (nSPS) is 14.2. The number of halogens is 2. The van der Waals surface area contributed by atoms with Crippen molar-refractivity contribution < 1.29 is 24.0 Å². The van der Waals surface area contributed by atoms with Gasteiger partial charge in [0.2, 0.25) is 5.91 Å². The van der Waals surface area contributed by atoms with Crippen molar-refractivity contribution >= 4 is 58.0 Å². The first kappa shape index (κ1) is 27.4. The highest BCUT2D eigenvalue weighted by Crippen LogP contribution is 2.39. The minimum absolute atomic E-state index is 0.136. The van der Waals surface area contributed by atoms with Crippen LogP contribution in [0.15, 0.2) is 65.8 Å². The maximum absolute atomic E-state index is 14.4. The minimum atomic E-state index is -1.07. The highest BCUT2D eigenvalue weighted by atomic mass is 35.5. The Kier molecular flexibility index (Phi) is 7.65. The van der Waals surface area contributed by atoms with E-state index >= 15 is 0 Å². The van der Waals surface area contributed by atoms with Crippen molar-refractivity contribution in [2.75, 3.05) is 13.1 Å². The Morgan fingerprint density at radius 2 is 1.90 bits per heavy atom. The van der Waals surface area contributed by atoms with Crippen molar-refractivity contribution in [3.05, 3.63) is 93.8 Å². The predicted octanol–water partition coefficient (Wildman–Crippen LogP) is 6.59. The van der Waals surface area contributed by atoms with E-state index in [1.165, 1.54) is 16.7 Å². The van der Waals surface area contributed by atoms with Gasteiger partial charge in [0.25, 0.3) is 5.91 Å². The number of aliphatic carboxylic acids is 1.